The summed E-state index contributed by atoms with van der Waals surface area (Å²) in [6.45, 7) is 6.39. The Labute approximate surface area is 136 Å². The molecule has 0 saturated carbocycles. The highest BCUT2D eigenvalue weighted by Gasteiger charge is 2.06. The summed E-state index contributed by atoms with van der Waals surface area (Å²) >= 11 is 5.10. The third-order valence-electron chi connectivity index (χ3n) is 3.75. The molecule has 21 heavy (non-hydrogen) atoms. The van der Waals surface area contributed by atoms with Crippen LogP contribution in [0.4, 0.5) is 0 Å². The predicted molar refractivity (Wildman–Crippen MR) is 95.5 cm³/mol. The van der Waals surface area contributed by atoms with E-state index in [-0.39, 0.29) is 5.91 Å². The molecule has 124 valence electrons. The molecule has 0 radical (unpaired) electrons. The van der Waals surface area contributed by atoms with Gasteiger partial charge in [-0.1, -0.05) is 65.2 Å². The summed E-state index contributed by atoms with van der Waals surface area (Å²) in [6, 6.07) is 0.311. The molecule has 0 aromatic carbocycles. The molecule has 4 heteroatoms. The topological polar surface area (TPSA) is 41.1 Å². The summed E-state index contributed by atoms with van der Waals surface area (Å²) in [5.74, 6) is 0.0405. The van der Waals surface area contributed by atoms with E-state index in [4.69, 9.17) is 12.2 Å². The van der Waals surface area contributed by atoms with Gasteiger partial charge in [0.1, 0.15) is 0 Å². The van der Waals surface area contributed by atoms with E-state index in [1.165, 1.54) is 44.9 Å². The number of thiocarbonyl (C=S) groups is 1. The standard InChI is InChI=1S/C17H34N2OS/c1-4-6-7-8-9-10-11-12-13-14-16(20)19-17(21)18-15(3)5-2/h15H,4-14H2,1-3H3,(H2,18,19,20,21). The quantitative estimate of drug-likeness (QED) is 0.405. The normalized spacial score (nSPS) is 12.0. The van der Waals surface area contributed by atoms with E-state index in [9.17, 15) is 4.79 Å². The Bertz CT molecular complexity index is 282. The van der Waals surface area contributed by atoms with Crippen molar-refractivity contribution in [1.29, 1.82) is 0 Å². The Morgan fingerprint density at radius 1 is 0.952 bits per heavy atom. The minimum Gasteiger partial charge on any atom is -0.360 e. The highest BCUT2D eigenvalue weighted by atomic mass is 32.1. The molecule has 0 aliphatic heterocycles. The van der Waals surface area contributed by atoms with Crippen LogP contribution in [-0.4, -0.2) is 17.1 Å². The number of carbonyl (C=O) groups excluding carboxylic acids is 1. The lowest BCUT2D eigenvalue weighted by atomic mass is 10.1. The molecule has 0 heterocycles. The maximum Gasteiger partial charge on any atom is 0.226 e. The van der Waals surface area contributed by atoms with Gasteiger partial charge in [-0.05, 0) is 32.0 Å². The van der Waals surface area contributed by atoms with E-state index in [2.05, 4.69) is 31.4 Å². The Balaban J connectivity index is 3.39. The minimum absolute atomic E-state index is 0.0405. The van der Waals surface area contributed by atoms with Gasteiger partial charge in [0.25, 0.3) is 0 Å². The van der Waals surface area contributed by atoms with Gasteiger partial charge in [0.05, 0.1) is 0 Å². The van der Waals surface area contributed by atoms with Crippen LogP contribution in [0.25, 0.3) is 0 Å². The van der Waals surface area contributed by atoms with E-state index < -0.39 is 0 Å². The summed E-state index contributed by atoms with van der Waals surface area (Å²) < 4.78 is 0. The SMILES string of the molecule is CCCCCCCCCCCC(=O)NC(=S)NC(C)CC. The minimum atomic E-state index is 0.0405. The van der Waals surface area contributed by atoms with Gasteiger partial charge in [-0.3, -0.25) is 4.79 Å². The van der Waals surface area contributed by atoms with Crippen LogP contribution in [0.3, 0.4) is 0 Å². The molecule has 0 fully saturated rings. The number of unbranched alkanes of at least 4 members (excludes halogenated alkanes) is 8. The summed E-state index contributed by atoms with van der Waals surface area (Å²) in [5, 5.41) is 6.31. The van der Waals surface area contributed by atoms with Crippen molar-refractivity contribution < 1.29 is 4.79 Å². The average molecular weight is 315 g/mol. The second-order valence-corrected chi connectivity index (χ2v) is 6.32. The number of hydrogen-bond acceptors (Lipinski definition) is 2. The first-order valence-electron chi connectivity index (χ1n) is 8.70. The molecule has 0 saturated heterocycles. The summed E-state index contributed by atoms with van der Waals surface area (Å²) in [6.07, 6.45) is 13.0. The van der Waals surface area contributed by atoms with Gasteiger partial charge in [-0.15, -0.1) is 0 Å². The molecule has 0 spiro atoms. The van der Waals surface area contributed by atoms with Crippen molar-refractivity contribution in [1.82, 2.24) is 10.6 Å². The van der Waals surface area contributed by atoms with E-state index in [0.717, 1.165) is 19.3 Å². The van der Waals surface area contributed by atoms with Gasteiger partial charge in [-0.2, -0.15) is 0 Å². The van der Waals surface area contributed by atoms with Gasteiger partial charge in [0.2, 0.25) is 5.91 Å². The molecule has 0 aliphatic carbocycles. The molecule has 0 aromatic rings. The van der Waals surface area contributed by atoms with Crippen LogP contribution < -0.4 is 10.6 Å². The van der Waals surface area contributed by atoms with Crippen LogP contribution in [-0.2, 0) is 4.79 Å². The van der Waals surface area contributed by atoms with Crippen LogP contribution in [0.2, 0.25) is 0 Å². The fraction of sp³-hybridized carbons (Fsp3) is 0.882. The second-order valence-electron chi connectivity index (χ2n) is 5.91. The van der Waals surface area contributed by atoms with Crippen molar-refractivity contribution in [2.24, 2.45) is 0 Å². The maximum absolute atomic E-state index is 11.7. The highest BCUT2D eigenvalue weighted by molar-refractivity contribution is 7.80. The lowest BCUT2D eigenvalue weighted by Crippen LogP contribution is -2.43. The molecular formula is C17H34N2OS. The second kappa shape index (κ2) is 14.3. The Kier molecular flexibility index (Phi) is 13.9. The fourth-order valence-electron chi connectivity index (χ4n) is 2.15. The molecule has 0 aliphatic rings. The number of rotatable bonds is 12. The monoisotopic (exact) mass is 314 g/mol. The lowest BCUT2D eigenvalue weighted by Gasteiger charge is -2.14. The van der Waals surface area contributed by atoms with Crippen LogP contribution in [0.15, 0.2) is 0 Å². The summed E-state index contributed by atoms with van der Waals surface area (Å²) in [4.78, 5) is 11.7. The van der Waals surface area contributed by atoms with Crippen molar-refractivity contribution in [3.63, 3.8) is 0 Å². The van der Waals surface area contributed by atoms with E-state index in [1.807, 2.05) is 0 Å². The zero-order valence-electron chi connectivity index (χ0n) is 14.2. The van der Waals surface area contributed by atoms with Crippen LogP contribution in [0, 0.1) is 0 Å². The molecule has 3 nitrogen and oxygen atoms in total. The number of nitrogens with one attached hydrogen (secondary N) is 2. The Morgan fingerprint density at radius 2 is 1.48 bits per heavy atom. The zero-order chi connectivity index (χ0) is 15.9. The molecular weight excluding hydrogens is 280 g/mol. The van der Waals surface area contributed by atoms with Crippen molar-refractivity contribution in [3.05, 3.63) is 0 Å². The third kappa shape index (κ3) is 14.1. The van der Waals surface area contributed by atoms with Crippen LogP contribution in [0.1, 0.15) is 91.4 Å². The van der Waals surface area contributed by atoms with E-state index >= 15 is 0 Å². The highest BCUT2D eigenvalue weighted by Crippen LogP contribution is 2.10. The molecule has 0 aromatic heterocycles. The molecule has 1 amide bonds. The van der Waals surface area contributed by atoms with Gasteiger partial charge in [0, 0.05) is 12.5 Å². The number of amides is 1. The smallest absolute Gasteiger partial charge is 0.226 e. The Hall–Kier alpha value is -0.640. The van der Waals surface area contributed by atoms with Crippen molar-refractivity contribution >= 4 is 23.2 Å². The molecule has 1 unspecified atom stereocenters. The van der Waals surface area contributed by atoms with Crippen molar-refractivity contribution in [2.45, 2.75) is 97.4 Å². The van der Waals surface area contributed by atoms with Crippen molar-refractivity contribution in [2.75, 3.05) is 0 Å². The van der Waals surface area contributed by atoms with Gasteiger partial charge < -0.3 is 10.6 Å². The maximum atomic E-state index is 11.7. The summed E-state index contributed by atoms with van der Waals surface area (Å²) in [7, 11) is 0. The predicted octanol–water partition coefficient (Wildman–Crippen LogP) is 4.70. The molecule has 1 atom stereocenters. The zero-order valence-corrected chi connectivity index (χ0v) is 15.0. The largest absolute Gasteiger partial charge is 0.360 e. The van der Waals surface area contributed by atoms with E-state index in [1.54, 1.807) is 0 Å². The van der Waals surface area contributed by atoms with Crippen molar-refractivity contribution in [3.8, 4) is 0 Å². The first kappa shape index (κ1) is 20.4. The van der Waals surface area contributed by atoms with Gasteiger partial charge in [-0.25, -0.2) is 0 Å². The number of hydrogen-bond donors (Lipinski definition) is 2. The molecule has 0 bridgehead atoms. The van der Waals surface area contributed by atoms with E-state index in [0.29, 0.717) is 17.6 Å². The fourth-order valence-corrected chi connectivity index (χ4v) is 2.46. The average Bonchev–Trinajstić information content (AvgIpc) is 2.45. The Morgan fingerprint density at radius 3 is 2.00 bits per heavy atom. The third-order valence-corrected chi connectivity index (χ3v) is 3.97. The molecule has 0 rings (SSSR count). The van der Waals surface area contributed by atoms with Gasteiger partial charge in [0.15, 0.2) is 5.11 Å². The van der Waals surface area contributed by atoms with Crippen LogP contribution >= 0.6 is 12.2 Å². The first-order valence-corrected chi connectivity index (χ1v) is 9.11. The lowest BCUT2D eigenvalue weighted by molar-refractivity contribution is -0.119. The first-order chi connectivity index (χ1) is 10.1. The van der Waals surface area contributed by atoms with Gasteiger partial charge >= 0.3 is 0 Å². The summed E-state index contributed by atoms with van der Waals surface area (Å²) in [5.41, 5.74) is 0. The van der Waals surface area contributed by atoms with Crippen LogP contribution in [0.5, 0.6) is 0 Å². The molecule has 2 N–H and O–H groups in total. The number of carbonyl (C=O) groups is 1.